The number of benzene rings is 1. The molecule has 2 atom stereocenters. The molecule has 3 aromatic rings. The number of fused-ring (bicyclic) bond motifs is 1. The number of nitrogens with zero attached hydrogens (tertiary/aromatic N) is 3. The Labute approximate surface area is 139 Å². The second-order valence-corrected chi connectivity index (χ2v) is 6.45. The van der Waals surface area contributed by atoms with Crippen molar-refractivity contribution >= 4 is 16.8 Å². The Morgan fingerprint density at radius 3 is 3.00 bits per heavy atom. The minimum atomic E-state index is 0.00731. The van der Waals surface area contributed by atoms with Gasteiger partial charge in [-0.3, -0.25) is 9.48 Å². The molecule has 1 aliphatic heterocycles. The van der Waals surface area contributed by atoms with Crippen molar-refractivity contribution in [2.75, 3.05) is 19.7 Å². The number of carbonyl (C=O) groups is 1. The van der Waals surface area contributed by atoms with Gasteiger partial charge >= 0.3 is 0 Å². The third kappa shape index (κ3) is 2.39. The van der Waals surface area contributed by atoms with Crippen LogP contribution in [-0.4, -0.2) is 50.4 Å². The quantitative estimate of drug-likeness (QED) is 0.771. The van der Waals surface area contributed by atoms with Crippen LogP contribution < -0.4 is 0 Å². The maximum absolute atomic E-state index is 13.0. The molecule has 124 valence electrons. The molecule has 1 aromatic carbocycles. The van der Waals surface area contributed by atoms with Gasteiger partial charge in [-0.15, -0.1) is 0 Å². The van der Waals surface area contributed by atoms with Crippen LogP contribution in [0.15, 0.2) is 42.9 Å². The lowest BCUT2D eigenvalue weighted by atomic mass is 9.92. The lowest BCUT2D eigenvalue weighted by Crippen LogP contribution is -2.29. The van der Waals surface area contributed by atoms with E-state index in [1.807, 2.05) is 54.8 Å². The lowest BCUT2D eigenvalue weighted by molar-refractivity contribution is 0.0783. The van der Waals surface area contributed by atoms with Crippen molar-refractivity contribution in [3.8, 4) is 0 Å². The largest absolute Gasteiger partial charge is 0.396 e. The van der Waals surface area contributed by atoms with Crippen LogP contribution >= 0.6 is 0 Å². The molecule has 2 N–H and O–H groups in total. The summed E-state index contributed by atoms with van der Waals surface area (Å²) in [6.45, 7) is 1.23. The fraction of sp³-hybridized carbons (Fsp3) is 0.333. The van der Waals surface area contributed by atoms with Crippen LogP contribution in [0.1, 0.15) is 21.8 Å². The van der Waals surface area contributed by atoms with Gasteiger partial charge in [0.2, 0.25) is 0 Å². The highest BCUT2D eigenvalue weighted by atomic mass is 16.3. The second kappa shape index (κ2) is 5.79. The van der Waals surface area contributed by atoms with E-state index in [1.54, 1.807) is 4.68 Å². The van der Waals surface area contributed by atoms with Crippen LogP contribution in [-0.2, 0) is 7.05 Å². The molecule has 0 saturated carbocycles. The van der Waals surface area contributed by atoms with Crippen molar-refractivity contribution in [2.45, 2.75) is 5.92 Å². The summed E-state index contributed by atoms with van der Waals surface area (Å²) in [4.78, 5) is 18.0. The number of likely N-dealkylation sites (tertiary alicyclic amines) is 1. The summed E-state index contributed by atoms with van der Waals surface area (Å²) in [5.41, 5.74) is 2.62. The summed E-state index contributed by atoms with van der Waals surface area (Å²) in [6, 6.07) is 7.71. The van der Waals surface area contributed by atoms with E-state index in [1.165, 1.54) is 0 Å². The van der Waals surface area contributed by atoms with Gasteiger partial charge in [-0.05, 0) is 17.7 Å². The molecule has 24 heavy (non-hydrogen) atoms. The van der Waals surface area contributed by atoms with Gasteiger partial charge < -0.3 is 15.0 Å². The van der Waals surface area contributed by atoms with E-state index in [0.717, 1.165) is 16.5 Å². The van der Waals surface area contributed by atoms with Crippen LogP contribution in [0.4, 0.5) is 0 Å². The van der Waals surface area contributed by atoms with Crippen molar-refractivity contribution in [1.29, 1.82) is 0 Å². The molecule has 4 rings (SSSR count). The third-order valence-corrected chi connectivity index (χ3v) is 4.93. The Kier molecular flexibility index (Phi) is 3.61. The number of H-pyrrole nitrogens is 1. The van der Waals surface area contributed by atoms with Crippen LogP contribution in [0, 0.1) is 5.92 Å². The van der Waals surface area contributed by atoms with E-state index >= 15 is 0 Å². The van der Waals surface area contributed by atoms with Crippen molar-refractivity contribution in [3.05, 3.63) is 54.0 Å². The standard InChI is InChI=1S/C18H20N4O2/c1-21-8-13(7-20-21)16-10-22(9-14(16)11-23)18(24)15-4-2-3-12-5-6-19-17(12)15/h2-8,14,16,19,23H,9-11H2,1H3/t14-,16-/m0/s1. The topological polar surface area (TPSA) is 74.2 Å². The molecule has 1 saturated heterocycles. The van der Waals surface area contributed by atoms with Crippen LogP contribution in [0.25, 0.3) is 10.9 Å². The molecule has 1 fully saturated rings. The minimum Gasteiger partial charge on any atom is -0.396 e. The van der Waals surface area contributed by atoms with Gasteiger partial charge in [0, 0.05) is 56.4 Å². The molecule has 2 aromatic heterocycles. The first-order chi connectivity index (χ1) is 11.7. The number of rotatable bonds is 3. The van der Waals surface area contributed by atoms with Crippen LogP contribution in [0.5, 0.6) is 0 Å². The Morgan fingerprint density at radius 2 is 2.25 bits per heavy atom. The number of aliphatic hydroxyl groups excluding tert-OH is 1. The van der Waals surface area contributed by atoms with Crippen LogP contribution in [0.2, 0.25) is 0 Å². The van der Waals surface area contributed by atoms with Gasteiger partial charge in [0.25, 0.3) is 5.91 Å². The maximum Gasteiger partial charge on any atom is 0.256 e. The Balaban J connectivity index is 1.63. The number of aryl methyl sites for hydroxylation is 1. The van der Waals surface area contributed by atoms with Crippen molar-refractivity contribution < 1.29 is 9.90 Å². The lowest BCUT2D eigenvalue weighted by Gasteiger charge is -2.16. The number of para-hydroxylation sites is 1. The summed E-state index contributed by atoms with van der Waals surface area (Å²) in [5, 5.41) is 15.0. The first-order valence-electron chi connectivity index (χ1n) is 8.12. The maximum atomic E-state index is 13.0. The van der Waals surface area contributed by atoms with Gasteiger partial charge in [-0.1, -0.05) is 12.1 Å². The average Bonchev–Trinajstić information content (AvgIpc) is 3.31. The smallest absolute Gasteiger partial charge is 0.256 e. The van der Waals surface area contributed by atoms with Gasteiger partial charge in [0.15, 0.2) is 0 Å². The zero-order valence-electron chi connectivity index (χ0n) is 13.5. The number of hydrogen-bond donors (Lipinski definition) is 2. The number of aromatic amines is 1. The number of nitrogens with one attached hydrogen (secondary N) is 1. The molecule has 0 spiro atoms. The minimum absolute atomic E-state index is 0.00731. The highest BCUT2D eigenvalue weighted by molar-refractivity contribution is 6.05. The average molecular weight is 324 g/mol. The highest BCUT2D eigenvalue weighted by Gasteiger charge is 2.37. The highest BCUT2D eigenvalue weighted by Crippen LogP contribution is 2.33. The molecule has 6 nitrogen and oxygen atoms in total. The zero-order valence-corrected chi connectivity index (χ0v) is 13.5. The van der Waals surface area contributed by atoms with E-state index in [-0.39, 0.29) is 24.3 Å². The number of aliphatic hydroxyl groups is 1. The molecular formula is C18H20N4O2. The van der Waals surface area contributed by atoms with E-state index in [0.29, 0.717) is 18.7 Å². The Morgan fingerprint density at radius 1 is 1.38 bits per heavy atom. The molecule has 3 heterocycles. The van der Waals surface area contributed by atoms with Gasteiger partial charge in [-0.25, -0.2) is 0 Å². The van der Waals surface area contributed by atoms with E-state index in [2.05, 4.69) is 10.1 Å². The van der Waals surface area contributed by atoms with E-state index in [9.17, 15) is 9.90 Å². The predicted molar refractivity (Wildman–Crippen MR) is 90.7 cm³/mol. The first-order valence-corrected chi connectivity index (χ1v) is 8.12. The first kappa shape index (κ1) is 15.0. The number of carbonyl (C=O) groups excluding carboxylic acids is 1. The third-order valence-electron chi connectivity index (χ3n) is 4.93. The second-order valence-electron chi connectivity index (χ2n) is 6.45. The van der Waals surface area contributed by atoms with Crippen LogP contribution in [0.3, 0.4) is 0 Å². The van der Waals surface area contributed by atoms with E-state index in [4.69, 9.17) is 0 Å². The Bertz CT molecular complexity index is 882. The monoisotopic (exact) mass is 324 g/mol. The number of hydrogen-bond acceptors (Lipinski definition) is 3. The summed E-state index contributed by atoms with van der Waals surface area (Å²) in [5.74, 6) is 0.171. The Hall–Kier alpha value is -2.60. The molecule has 0 radical (unpaired) electrons. The molecular weight excluding hydrogens is 304 g/mol. The van der Waals surface area contributed by atoms with Crippen molar-refractivity contribution in [2.24, 2.45) is 13.0 Å². The van der Waals surface area contributed by atoms with Crippen molar-refractivity contribution in [3.63, 3.8) is 0 Å². The molecule has 0 unspecified atom stereocenters. The normalized spacial score (nSPS) is 20.8. The number of aromatic nitrogens is 3. The SMILES string of the molecule is Cn1cc([C@@H]2CN(C(=O)c3cccc4cc[nH]c34)C[C@H]2CO)cn1. The van der Waals surface area contributed by atoms with Gasteiger partial charge in [0.05, 0.1) is 17.3 Å². The summed E-state index contributed by atoms with van der Waals surface area (Å²) in [7, 11) is 1.88. The molecule has 0 bridgehead atoms. The van der Waals surface area contributed by atoms with Crippen molar-refractivity contribution in [1.82, 2.24) is 19.7 Å². The molecule has 1 amide bonds. The molecule has 6 heteroatoms. The fourth-order valence-corrected chi connectivity index (χ4v) is 3.66. The molecule has 0 aliphatic carbocycles. The number of amides is 1. The van der Waals surface area contributed by atoms with Gasteiger partial charge in [-0.2, -0.15) is 5.10 Å². The summed E-state index contributed by atoms with van der Waals surface area (Å²) < 4.78 is 1.76. The molecule has 1 aliphatic rings. The van der Waals surface area contributed by atoms with E-state index < -0.39 is 0 Å². The van der Waals surface area contributed by atoms with Gasteiger partial charge in [0.1, 0.15) is 0 Å². The zero-order chi connectivity index (χ0) is 16.7. The predicted octanol–water partition coefficient (Wildman–Crippen LogP) is 1.75. The fourth-order valence-electron chi connectivity index (χ4n) is 3.66. The summed E-state index contributed by atoms with van der Waals surface area (Å²) >= 11 is 0. The summed E-state index contributed by atoms with van der Waals surface area (Å²) in [6.07, 6.45) is 5.64.